The van der Waals surface area contributed by atoms with Gasteiger partial charge < -0.3 is 20.1 Å². The summed E-state index contributed by atoms with van der Waals surface area (Å²) in [6.07, 6.45) is 2.99. The number of carbonyl (C=O) groups is 2. The number of aliphatic carboxylic acids is 1. The van der Waals surface area contributed by atoms with Crippen molar-refractivity contribution < 1.29 is 19.4 Å². The Morgan fingerprint density at radius 1 is 1.29 bits per heavy atom. The number of amides is 1. The van der Waals surface area contributed by atoms with Crippen molar-refractivity contribution in [3.63, 3.8) is 0 Å². The van der Waals surface area contributed by atoms with Crippen molar-refractivity contribution in [3.05, 3.63) is 36.0 Å². The van der Waals surface area contributed by atoms with Gasteiger partial charge >= 0.3 is 5.97 Å². The zero-order valence-corrected chi connectivity index (χ0v) is 14.0. The molecule has 0 saturated carbocycles. The Balaban J connectivity index is 1.92. The van der Waals surface area contributed by atoms with Gasteiger partial charge in [-0.2, -0.15) is 0 Å². The van der Waals surface area contributed by atoms with Gasteiger partial charge in [0.05, 0.1) is 6.10 Å². The smallest absolute Gasteiger partial charge is 0.326 e. The number of carboxylic acids is 1. The molecule has 3 N–H and O–H groups in total. The number of carbonyl (C=O) groups excluding carboxylic acids is 1. The van der Waals surface area contributed by atoms with Gasteiger partial charge in [-0.1, -0.05) is 18.2 Å². The van der Waals surface area contributed by atoms with Crippen molar-refractivity contribution in [1.29, 1.82) is 0 Å². The predicted molar refractivity (Wildman–Crippen MR) is 91.9 cm³/mol. The summed E-state index contributed by atoms with van der Waals surface area (Å²) in [5, 5.41) is 13.0. The van der Waals surface area contributed by atoms with Crippen molar-refractivity contribution in [2.75, 3.05) is 6.61 Å². The van der Waals surface area contributed by atoms with E-state index in [-0.39, 0.29) is 24.9 Å². The molecule has 1 unspecified atom stereocenters. The lowest BCUT2D eigenvalue weighted by molar-refractivity contribution is -0.141. The lowest BCUT2D eigenvalue weighted by atomic mass is 10.0. The highest BCUT2D eigenvalue weighted by Gasteiger charge is 2.21. The number of benzene rings is 1. The van der Waals surface area contributed by atoms with E-state index in [0.717, 1.165) is 16.5 Å². The second-order valence-corrected chi connectivity index (χ2v) is 6.05. The quantitative estimate of drug-likeness (QED) is 0.615. The van der Waals surface area contributed by atoms with Crippen LogP contribution in [-0.4, -0.2) is 40.7 Å². The van der Waals surface area contributed by atoms with Crippen LogP contribution >= 0.6 is 0 Å². The number of nitrogens with one attached hydrogen (secondary N) is 2. The van der Waals surface area contributed by atoms with Crippen molar-refractivity contribution >= 4 is 22.8 Å². The third kappa shape index (κ3) is 5.09. The molecule has 24 heavy (non-hydrogen) atoms. The van der Waals surface area contributed by atoms with E-state index >= 15 is 0 Å². The van der Waals surface area contributed by atoms with Gasteiger partial charge in [0.1, 0.15) is 6.04 Å². The largest absolute Gasteiger partial charge is 0.480 e. The molecule has 0 saturated heterocycles. The fraction of sp³-hybridized carbons (Fsp3) is 0.444. The zero-order valence-electron chi connectivity index (χ0n) is 14.0. The van der Waals surface area contributed by atoms with Crippen LogP contribution in [0.2, 0.25) is 0 Å². The summed E-state index contributed by atoms with van der Waals surface area (Å²) in [6.45, 7) is 4.36. The molecule has 0 bridgehead atoms. The number of H-pyrrole nitrogens is 1. The molecule has 0 fully saturated rings. The van der Waals surface area contributed by atoms with Gasteiger partial charge in [-0.25, -0.2) is 4.79 Å². The van der Waals surface area contributed by atoms with Gasteiger partial charge in [0.25, 0.3) is 0 Å². The molecule has 0 spiro atoms. The van der Waals surface area contributed by atoms with Gasteiger partial charge in [-0.15, -0.1) is 0 Å². The molecule has 6 heteroatoms. The summed E-state index contributed by atoms with van der Waals surface area (Å²) < 4.78 is 5.38. The van der Waals surface area contributed by atoms with E-state index in [0.29, 0.717) is 13.0 Å². The number of ether oxygens (including phenoxy) is 1. The summed E-state index contributed by atoms with van der Waals surface area (Å²) in [5.74, 6) is -1.30. The maximum Gasteiger partial charge on any atom is 0.326 e. The van der Waals surface area contributed by atoms with Gasteiger partial charge in [0.2, 0.25) is 5.91 Å². The van der Waals surface area contributed by atoms with E-state index in [2.05, 4.69) is 10.3 Å². The standard InChI is InChI=1S/C18H24N2O4/c1-12(2)24-9-5-8-17(21)20-16(18(22)23)10-13-11-19-15-7-4-3-6-14(13)15/h3-4,6-7,11-12,16,19H,5,8-10H2,1-2H3,(H,20,21)(H,22,23). The molecule has 130 valence electrons. The highest BCUT2D eigenvalue weighted by Crippen LogP contribution is 2.19. The fourth-order valence-electron chi connectivity index (χ4n) is 2.54. The maximum atomic E-state index is 12.0. The van der Waals surface area contributed by atoms with Crippen molar-refractivity contribution in [1.82, 2.24) is 10.3 Å². The number of para-hydroxylation sites is 1. The molecule has 1 aromatic heterocycles. The Bertz CT molecular complexity index is 693. The van der Waals surface area contributed by atoms with Crippen LogP contribution in [0.15, 0.2) is 30.5 Å². The predicted octanol–water partition coefficient (Wildman–Crippen LogP) is 2.49. The monoisotopic (exact) mass is 332 g/mol. The molecular weight excluding hydrogens is 308 g/mol. The Morgan fingerprint density at radius 2 is 2.04 bits per heavy atom. The van der Waals surface area contributed by atoms with Gasteiger partial charge in [0.15, 0.2) is 0 Å². The summed E-state index contributed by atoms with van der Waals surface area (Å²) in [4.78, 5) is 26.5. The van der Waals surface area contributed by atoms with Crippen LogP contribution in [0.25, 0.3) is 10.9 Å². The SMILES string of the molecule is CC(C)OCCCC(=O)NC(Cc1c[nH]c2ccccc12)C(=O)O. The zero-order chi connectivity index (χ0) is 17.5. The lowest BCUT2D eigenvalue weighted by Crippen LogP contribution is -2.42. The van der Waals surface area contributed by atoms with Gasteiger partial charge in [-0.05, 0) is 31.9 Å². The fourth-order valence-corrected chi connectivity index (χ4v) is 2.54. The average molecular weight is 332 g/mol. The van der Waals surface area contributed by atoms with E-state index in [1.807, 2.05) is 38.1 Å². The van der Waals surface area contributed by atoms with E-state index in [1.165, 1.54) is 0 Å². The average Bonchev–Trinajstić information content (AvgIpc) is 2.94. The van der Waals surface area contributed by atoms with E-state index in [9.17, 15) is 14.7 Å². The van der Waals surface area contributed by atoms with Crippen molar-refractivity contribution in [2.24, 2.45) is 0 Å². The molecule has 0 aliphatic rings. The number of aromatic nitrogens is 1. The normalized spacial score (nSPS) is 12.5. The summed E-state index contributed by atoms with van der Waals surface area (Å²) >= 11 is 0. The molecule has 0 aliphatic heterocycles. The van der Waals surface area contributed by atoms with Crippen LogP contribution in [0.5, 0.6) is 0 Å². The van der Waals surface area contributed by atoms with E-state index < -0.39 is 12.0 Å². The number of carboxylic acid groups (broad SMARTS) is 1. The number of hydrogen-bond acceptors (Lipinski definition) is 3. The first-order valence-corrected chi connectivity index (χ1v) is 8.16. The van der Waals surface area contributed by atoms with Crippen LogP contribution in [0.3, 0.4) is 0 Å². The van der Waals surface area contributed by atoms with Crippen LogP contribution < -0.4 is 5.32 Å². The molecule has 0 radical (unpaired) electrons. The first-order valence-electron chi connectivity index (χ1n) is 8.16. The number of rotatable bonds is 9. The minimum atomic E-state index is -1.04. The Kier molecular flexibility index (Phi) is 6.37. The second kappa shape index (κ2) is 8.49. The maximum absolute atomic E-state index is 12.0. The summed E-state index contributed by atoms with van der Waals surface area (Å²) in [6, 6.07) is 6.75. The van der Waals surface area contributed by atoms with Gasteiger partial charge in [0, 0.05) is 36.5 Å². The molecule has 1 aromatic carbocycles. The minimum Gasteiger partial charge on any atom is -0.480 e. The molecule has 1 atom stereocenters. The number of aromatic amines is 1. The molecule has 0 aliphatic carbocycles. The minimum absolute atomic E-state index is 0.127. The Labute approximate surface area is 141 Å². The van der Waals surface area contributed by atoms with Crippen molar-refractivity contribution in [3.8, 4) is 0 Å². The van der Waals surface area contributed by atoms with Gasteiger partial charge in [-0.3, -0.25) is 4.79 Å². The first kappa shape index (κ1) is 18.0. The highest BCUT2D eigenvalue weighted by atomic mass is 16.5. The van der Waals surface area contributed by atoms with Crippen LogP contribution in [-0.2, 0) is 20.7 Å². The summed E-state index contributed by atoms with van der Waals surface area (Å²) in [7, 11) is 0. The molecule has 1 heterocycles. The van der Waals surface area contributed by atoms with E-state index in [1.54, 1.807) is 6.20 Å². The van der Waals surface area contributed by atoms with Crippen molar-refractivity contribution in [2.45, 2.75) is 45.3 Å². The van der Waals surface area contributed by atoms with Crippen LogP contribution in [0, 0.1) is 0 Å². The van der Waals surface area contributed by atoms with E-state index in [4.69, 9.17) is 4.74 Å². The second-order valence-electron chi connectivity index (χ2n) is 6.05. The third-order valence-corrected chi connectivity index (χ3v) is 3.73. The molecular formula is C18H24N2O4. The molecule has 2 aromatic rings. The Hall–Kier alpha value is -2.34. The summed E-state index contributed by atoms with van der Waals surface area (Å²) in [5.41, 5.74) is 1.83. The molecule has 6 nitrogen and oxygen atoms in total. The topological polar surface area (TPSA) is 91.4 Å². The number of fused-ring (bicyclic) bond motifs is 1. The molecule has 2 rings (SSSR count). The van der Waals surface area contributed by atoms with Crippen LogP contribution in [0.4, 0.5) is 0 Å². The number of hydrogen-bond donors (Lipinski definition) is 3. The highest BCUT2D eigenvalue weighted by molar-refractivity contribution is 5.86. The third-order valence-electron chi connectivity index (χ3n) is 3.73. The lowest BCUT2D eigenvalue weighted by Gasteiger charge is -2.14. The van der Waals surface area contributed by atoms with Crippen LogP contribution in [0.1, 0.15) is 32.3 Å². The Morgan fingerprint density at radius 3 is 2.75 bits per heavy atom. The first-order chi connectivity index (χ1) is 11.5. The molecule has 1 amide bonds.